The zero-order valence-corrected chi connectivity index (χ0v) is 24.7. The van der Waals surface area contributed by atoms with Crippen molar-refractivity contribution < 1.29 is 8.53 Å². The Kier molecular flexibility index (Phi) is 5.49. The number of furan rings is 1. The summed E-state index contributed by atoms with van der Waals surface area (Å²) < 4.78 is 32.9. The van der Waals surface area contributed by atoms with Gasteiger partial charge in [-0.2, -0.15) is 0 Å². The van der Waals surface area contributed by atoms with E-state index in [0.717, 1.165) is 44.4 Å². The van der Waals surface area contributed by atoms with E-state index in [4.69, 9.17) is 13.5 Å². The Morgan fingerprint density at radius 2 is 1.48 bits per heavy atom. The predicted octanol–water partition coefficient (Wildman–Crippen LogP) is 11.1. The van der Waals surface area contributed by atoms with Crippen molar-refractivity contribution in [2.24, 2.45) is 0 Å². The molecular weight excluding hydrogens is 512 g/mol. The van der Waals surface area contributed by atoms with Gasteiger partial charge >= 0.3 is 0 Å². The Morgan fingerprint density at radius 3 is 2.19 bits per heavy atom. The molecule has 7 aromatic rings. The zero-order chi connectivity index (χ0) is 31.6. The van der Waals surface area contributed by atoms with Gasteiger partial charge in [0.2, 0.25) is 0 Å². The lowest BCUT2D eigenvalue weighted by Crippen LogP contribution is -2.09. The Bertz CT molecular complexity index is 2190. The summed E-state index contributed by atoms with van der Waals surface area (Å²) in [7, 11) is 0. The molecule has 208 valence electrons. The molecule has 0 unspecified atom stereocenters. The summed E-state index contributed by atoms with van der Waals surface area (Å²) >= 11 is 0. The molecule has 0 radical (unpaired) electrons. The highest BCUT2D eigenvalue weighted by atomic mass is 16.3. The van der Waals surface area contributed by atoms with E-state index in [1.807, 2.05) is 25.1 Å². The minimum Gasteiger partial charge on any atom is -0.455 e. The van der Waals surface area contributed by atoms with Gasteiger partial charge in [-0.05, 0) is 95.4 Å². The van der Waals surface area contributed by atoms with Crippen LogP contribution in [0.5, 0.6) is 0 Å². The SMILES string of the molecule is [2H]C([2H])([2H])c1cc(C)c2c(c1)oc1c(-c3nc4ccccc4n3-c3c(C(C)C)cc(-c4ccccc4)cc3C(C)C)cccc12. The molecule has 5 aromatic carbocycles. The number of hydrogen-bond acceptors (Lipinski definition) is 2. The van der Waals surface area contributed by atoms with Gasteiger partial charge in [0.15, 0.2) is 0 Å². The van der Waals surface area contributed by atoms with Crippen molar-refractivity contribution in [1.82, 2.24) is 9.55 Å². The maximum Gasteiger partial charge on any atom is 0.149 e. The fourth-order valence-electron chi connectivity index (χ4n) is 6.36. The standard InChI is InChI=1S/C39H36N2O/c1-23(2)31-21-28(27-13-8-7-9-14-27)22-32(24(3)4)37(31)41-34-18-11-10-17-33(34)40-39(41)30-16-12-15-29-36-26(6)19-25(5)20-35(36)42-38(29)30/h7-24H,1-6H3/i5D3. The lowest BCUT2D eigenvalue weighted by Gasteiger charge is -2.24. The molecule has 3 heteroatoms. The third-order valence-electron chi connectivity index (χ3n) is 8.34. The van der Waals surface area contributed by atoms with Crippen molar-refractivity contribution in [3.63, 3.8) is 0 Å². The van der Waals surface area contributed by atoms with Crippen LogP contribution in [0.2, 0.25) is 0 Å². The van der Waals surface area contributed by atoms with Gasteiger partial charge in [0.1, 0.15) is 17.0 Å². The molecule has 0 aliphatic carbocycles. The van der Waals surface area contributed by atoms with Crippen LogP contribution in [-0.4, -0.2) is 9.55 Å². The third kappa shape index (κ3) is 4.15. The molecule has 0 aliphatic rings. The highest BCUT2D eigenvalue weighted by Crippen LogP contribution is 2.43. The Labute approximate surface area is 251 Å². The van der Waals surface area contributed by atoms with Crippen LogP contribution in [-0.2, 0) is 0 Å². The first-order valence-electron chi connectivity index (χ1n) is 16.2. The molecular formula is C39H36N2O. The number of aromatic nitrogens is 2. The molecule has 3 nitrogen and oxygen atoms in total. The minimum absolute atomic E-state index is 0.248. The normalized spacial score (nSPS) is 13.4. The molecule has 0 saturated carbocycles. The topological polar surface area (TPSA) is 31.0 Å². The second-order valence-electron chi connectivity index (χ2n) is 11.9. The van der Waals surface area contributed by atoms with Crippen molar-refractivity contribution >= 4 is 33.0 Å². The fourth-order valence-corrected chi connectivity index (χ4v) is 6.36. The molecule has 0 atom stereocenters. The van der Waals surface area contributed by atoms with Gasteiger partial charge in [-0.15, -0.1) is 0 Å². The van der Waals surface area contributed by atoms with Crippen LogP contribution in [0, 0.1) is 13.8 Å². The van der Waals surface area contributed by atoms with Gasteiger partial charge < -0.3 is 4.42 Å². The molecule has 2 heterocycles. The Morgan fingerprint density at radius 1 is 0.762 bits per heavy atom. The highest BCUT2D eigenvalue weighted by molar-refractivity contribution is 6.11. The van der Waals surface area contributed by atoms with Gasteiger partial charge in [-0.3, -0.25) is 4.57 Å². The molecule has 0 N–H and O–H groups in total. The number of fused-ring (bicyclic) bond motifs is 4. The highest BCUT2D eigenvalue weighted by Gasteiger charge is 2.25. The summed E-state index contributed by atoms with van der Waals surface area (Å²) in [6, 6.07) is 33.1. The van der Waals surface area contributed by atoms with E-state index in [1.54, 1.807) is 12.1 Å². The smallest absolute Gasteiger partial charge is 0.149 e. The van der Waals surface area contributed by atoms with Crippen LogP contribution in [0.3, 0.4) is 0 Å². The lowest BCUT2D eigenvalue weighted by molar-refractivity contribution is 0.669. The number of para-hydroxylation sites is 3. The molecule has 42 heavy (non-hydrogen) atoms. The van der Waals surface area contributed by atoms with Crippen molar-refractivity contribution in [3.05, 3.63) is 119 Å². The number of hydrogen-bond donors (Lipinski definition) is 0. The van der Waals surface area contributed by atoms with Crippen molar-refractivity contribution in [2.75, 3.05) is 0 Å². The first kappa shape index (κ1) is 23.0. The van der Waals surface area contributed by atoms with E-state index in [-0.39, 0.29) is 17.4 Å². The van der Waals surface area contributed by atoms with Crippen LogP contribution in [0.4, 0.5) is 0 Å². The Hall–Kier alpha value is -4.63. The largest absolute Gasteiger partial charge is 0.455 e. The van der Waals surface area contributed by atoms with Gasteiger partial charge in [0.05, 0.1) is 22.3 Å². The lowest BCUT2D eigenvalue weighted by atomic mass is 9.88. The summed E-state index contributed by atoms with van der Waals surface area (Å²) in [4.78, 5) is 5.25. The fraction of sp³-hybridized carbons (Fsp3) is 0.205. The van der Waals surface area contributed by atoms with Gasteiger partial charge in [0.25, 0.3) is 0 Å². The number of imidazole rings is 1. The van der Waals surface area contributed by atoms with Crippen molar-refractivity contribution in [1.29, 1.82) is 0 Å². The van der Waals surface area contributed by atoms with Crippen molar-refractivity contribution in [2.45, 2.75) is 53.3 Å². The first-order valence-corrected chi connectivity index (χ1v) is 14.7. The number of rotatable bonds is 5. The quantitative estimate of drug-likeness (QED) is 0.213. The van der Waals surface area contributed by atoms with Gasteiger partial charge in [0, 0.05) is 14.9 Å². The zero-order valence-electron chi connectivity index (χ0n) is 27.7. The Balaban J connectivity index is 1.57. The summed E-state index contributed by atoms with van der Waals surface area (Å²) in [6.07, 6.45) is 0. The summed E-state index contributed by atoms with van der Waals surface area (Å²) in [5.41, 5.74) is 11.3. The van der Waals surface area contributed by atoms with E-state index >= 15 is 0 Å². The summed E-state index contributed by atoms with van der Waals surface area (Å²) in [5, 5.41) is 1.88. The van der Waals surface area contributed by atoms with E-state index in [9.17, 15) is 0 Å². The molecule has 7 rings (SSSR count). The number of aryl methyl sites for hydroxylation is 2. The van der Waals surface area contributed by atoms with Crippen LogP contribution in [0.1, 0.15) is 65.9 Å². The second kappa shape index (κ2) is 10.0. The van der Waals surface area contributed by atoms with Crippen LogP contribution < -0.4 is 0 Å². The molecule has 0 aliphatic heterocycles. The molecule has 0 fully saturated rings. The average Bonchev–Trinajstić information content (AvgIpc) is 3.59. The number of nitrogens with zero attached hydrogens (tertiary/aromatic N) is 2. The molecule has 0 saturated heterocycles. The molecule has 0 amide bonds. The molecule has 0 spiro atoms. The third-order valence-corrected chi connectivity index (χ3v) is 8.34. The van der Waals surface area contributed by atoms with Gasteiger partial charge in [-0.25, -0.2) is 4.98 Å². The maximum absolute atomic E-state index is 8.00. The first-order chi connectivity index (χ1) is 21.5. The van der Waals surface area contributed by atoms with Crippen LogP contribution in [0.15, 0.2) is 101 Å². The minimum atomic E-state index is -2.22. The van der Waals surface area contributed by atoms with E-state index in [1.165, 1.54) is 22.3 Å². The average molecular weight is 552 g/mol. The maximum atomic E-state index is 8.00. The van der Waals surface area contributed by atoms with Crippen molar-refractivity contribution in [3.8, 4) is 28.2 Å². The summed E-state index contributed by atoms with van der Waals surface area (Å²) in [5.74, 6) is 1.29. The van der Waals surface area contributed by atoms with E-state index < -0.39 is 6.85 Å². The van der Waals surface area contributed by atoms with E-state index in [2.05, 4.69) is 99.0 Å². The molecule has 0 bridgehead atoms. The summed E-state index contributed by atoms with van der Waals surface area (Å²) in [6.45, 7) is 8.74. The van der Waals surface area contributed by atoms with E-state index in [0.29, 0.717) is 11.2 Å². The van der Waals surface area contributed by atoms with Crippen LogP contribution in [0.25, 0.3) is 61.2 Å². The molecule has 2 aromatic heterocycles. The van der Waals surface area contributed by atoms with Gasteiger partial charge in [-0.1, -0.05) is 88.4 Å². The second-order valence-corrected chi connectivity index (χ2v) is 11.9. The monoisotopic (exact) mass is 551 g/mol. The number of benzene rings is 5. The predicted molar refractivity (Wildman–Crippen MR) is 177 cm³/mol. The van der Waals surface area contributed by atoms with Crippen LogP contribution >= 0.6 is 0 Å².